The maximum Gasteiger partial charge on any atom is 0.372 e. The second-order valence-corrected chi connectivity index (χ2v) is 6.11. The number of fused-ring (bicyclic) bond motifs is 1. The third-order valence-electron chi connectivity index (χ3n) is 4.06. The van der Waals surface area contributed by atoms with Gasteiger partial charge in [0.15, 0.2) is 0 Å². The fourth-order valence-corrected chi connectivity index (χ4v) is 2.69. The van der Waals surface area contributed by atoms with Crippen LogP contribution < -0.4 is 5.56 Å². The highest BCUT2D eigenvalue weighted by Gasteiger charge is 2.19. The Labute approximate surface area is 143 Å². The third kappa shape index (κ3) is 3.61. The van der Waals surface area contributed by atoms with E-state index < -0.39 is 5.97 Å². The summed E-state index contributed by atoms with van der Waals surface area (Å²) in [4.78, 5) is 32.7. The summed E-state index contributed by atoms with van der Waals surface area (Å²) in [7, 11) is 0. The Morgan fingerprint density at radius 2 is 2.04 bits per heavy atom. The van der Waals surface area contributed by atoms with E-state index in [1.165, 1.54) is 6.26 Å². The topological polar surface area (TPSA) is 99.4 Å². The average molecular weight is 341 g/mol. The number of benzene rings is 1. The Hall–Kier alpha value is -2.93. The first kappa shape index (κ1) is 16.9. The Kier molecular flexibility index (Phi) is 4.67. The third-order valence-corrected chi connectivity index (χ3v) is 4.06. The van der Waals surface area contributed by atoms with Crippen LogP contribution in [-0.4, -0.2) is 32.0 Å². The highest BCUT2D eigenvalue weighted by Crippen LogP contribution is 2.17. The predicted molar refractivity (Wildman–Crippen MR) is 92.4 cm³/mol. The Morgan fingerprint density at radius 1 is 1.28 bits per heavy atom. The van der Waals surface area contributed by atoms with Crippen molar-refractivity contribution in [3.63, 3.8) is 0 Å². The molecule has 0 bridgehead atoms. The summed E-state index contributed by atoms with van der Waals surface area (Å²) in [6.45, 7) is 4.77. The zero-order valence-corrected chi connectivity index (χ0v) is 14.0. The van der Waals surface area contributed by atoms with Crippen LogP contribution in [0.15, 0.2) is 45.8 Å². The molecule has 0 saturated carbocycles. The number of furan rings is 1. The fourth-order valence-electron chi connectivity index (χ4n) is 2.69. The molecule has 3 aromatic rings. The summed E-state index contributed by atoms with van der Waals surface area (Å²) < 4.78 is 5.03. The van der Waals surface area contributed by atoms with Gasteiger partial charge in [-0.25, -0.2) is 9.78 Å². The van der Waals surface area contributed by atoms with Crippen LogP contribution in [0, 0.1) is 0 Å². The summed E-state index contributed by atoms with van der Waals surface area (Å²) >= 11 is 0. The number of para-hydroxylation sites is 1. The smallest absolute Gasteiger partial charge is 0.372 e. The molecule has 0 fully saturated rings. The van der Waals surface area contributed by atoms with Crippen molar-refractivity contribution in [1.29, 1.82) is 0 Å². The monoisotopic (exact) mass is 341 g/mol. The van der Waals surface area contributed by atoms with E-state index in [2.05, 4.69) is 9.97 Å². The van der Waals surface area contributed by atoms with E-state index >= 15 is 0 Å². The summed E-state index contributed by atoms with van der Waals surface area (Å²) in [5.41, 5.74) is 1.04. The van der Waals surface area contributed by atoms with E-state index in [0.717, 1.165) is 0 Å². The molecule has 130 valence electrons. The number of aromatic amines is 1. The van der Waals surface area contributed by atoms with Gasteiger partial charge in [-0.15, -0.1) is 0 Å². The Balaban J connectivity index is 1.88. The molecule has 0 aliphatic heterocycles. The van der Waals surface area contributed by atoms with Crippen LogP contribution >= 0.6 is 0 Å². The molecular formula is C18H19N3O4. The molecule has 0 saturated heterocycles. The van der Waals surface area contributed by atoms with Crippen molar-refractivity contribution in [3.8, 4) is 0 Å². The van der Waals surface area contributed by atoms with Gasteiger partial charge in [-0.05, 0) is 32.0 Å². The molecule has 2 heterocycles. The van der Waals surface area contributed by atoms with Crippen LogP contribution in [0.4, 0.5) is 0 Å². The predicted octanol–water partition coefficient (Wildman–Crippen LogP) is 2.62. The number of aromatic nitrogens is 2. The molecule has 1 aromatic carbocycles. The SMILES string of the molecule is CC(C)N(Cc1nc2ccccc2c(=O)[nH]1)Cc1ccoc1C(=O)O. The lowest BCUT2D eigenvalue weighted by atomic mass is 10.2. The van der Waals surface area contributed by atoms with Crippen LogP contribution in [0.3, 0.4) is 0 Å². The van der Waals surface area contributed by atoms with E-state index in [1.807, 2.05) is 24.8 Å². The van der Waals surface area contributed by atoms with Crippen molar-refractivity contribution in [3.05, 3.63) is 64.1 Å². The van der Waals surface area contributed by atoms with E-state index in [-0.39, 0.29) is 17.4 Å². The molecule has 0 aliphatic rings. The fraction of sp³-hybridized carbons (Fsp3) is 0.278. The number of carboxylic acid groups (broad SMARTS) is 1. The van der Waals surface area contributed by atoms with Gasteiger partial charge in [-0.3, -0.25) is 9.69 Å². The van der Waals surface area contributed by atoms with Crippen LogP contribution in [0.1, 0.15) is 35.8 Å². The number of rotatable bonds is 6. The van der Waals surface area contributed by atoms with Gasteiger partial charge in [0.05, 0.1) is 23.7 Å². The number of hydrogen-bond donors (Lipinski definition) is 2. The molecule has 7 heteroatoms. The number of carboxylic acids is 1. The summed E-state index contributed by atoms with van der Waals surface area (Å²) in [5, 5.41) is 9.73. The van der Waals surface area contributed by atoms with Gasteiger partial charge < -0.3 is 14.5 Å². The largest absolute Gasteiger partial charge is 0.475 e. The number of carbonyl (C=O) groups is 1. The second kappa shape index (κ2) is 6.90. The molecule has 3 rings (SSSR count). The summed E-state index contributed by atoms with van der Waals surface area (Å²) in [6, 6.07) is 8.93. The van der Waals surface area contributed by atoms with Gasteiger partial charge in [0, 0.05) is 18.2 Å². The number of aromatic carboxylic acids is 1. The van der Waals surface area contributed by atoms with Crippen molar-refractivity contribution in [1.82, 2.24) is 14.9 Å². The maximum atomic E-state index is 12.2. The molecule has 0 unspecified atom stereocenters. The summed E-state index contributed by atoms with van der Waals surface area (Å²) in [6.07, 6.45) is 1.37. The van der Waals surface area contributed by atoms with Crippen molar-refractivity contribution in [2.45, 2.75) is 33.0 Å². The lowest BCUT2D eigenvalue weighted by molar-refractivity contribution is 0.0658. The van der Waals surface area contributed by atoms with Gasteiger partial charge in [0.1, 0.15) is 5.82 Å². The molecule has 25 heavy (non-hydrogen) atoms. The van der Waals surface area contributed by atoms with Gasteiger partial charge in [-0.1, -0.05) is 12.1 Å². The van der Waals surface area contributed by atoms with E-state index in [9.17, 15) is 14.7 Å². The number of hydrogen-bond acceptors (Lipinski definition) is 5. The summed E-state index contributed by atoms with van der Waals surface area (Å²) in [5.74, 6) is -0.621. The highest BCUT2D eigenvalue weighted by molar-refractivity contribution is 5.86. The zero-order chi connectivity index (χ0) is 18.0. The normalized spacial score (nSPS) is 11.5. The molecule has 0 aliphatic carbocycles. The van der Waals surface area contributed by atoms with Gasteiger partial charge in [-0.2, -0.15) is 0 Å². The highest BCUT2D eigenvalue weighted by atomic mass is 16.4. The van der Waals surface area contributed by atoms with Crippen molar-refractivity contribution in [2.24, 2.45) is 0 Å². The first-order valence-corrected chi connectivity index (χ1v) is 7.97. The average Bonchev–Trinajstić information content (AvgIpc) is 3.03. The first-order valence-electron chi connectivity index (χ1n) is 7.97. The molecule has 0 atom stereocenters. The molecular weight excluding hydrogens is 322 g/mol. The maximum absolute atomic E-state index is 12.2. The van der Waals surface area contributed by atoms with Crippen molar-refractivity contribution >= 4 is 16.9 Å². The van der Waals surface area contributed by atoms with Crippen LogP contribution in [-0.2, 0) is 13.1 Å². The van der Waals surface area contributed by atoms with Gasteiger partial charge >= 0.3 is 5.97 Å². The van der Waals surface area contributed by atoms with E-state index in [0.29, 0.717) is 35.4 Å². The lowest BCUT2D eigenvalue weighted by Gasteiger charge is -2.25. The van der Waals surface area contributed by atoms with Crippen molar-refractivity contribution < 1.29 is 14.3 Å². The minimum Gasteiger partial charge on any atom is -0.475 e. The molecule has 0 amide bonds. The van der Waals surface area contributed by atoms with Crippen LogP contribution in [0.25, 0.3) is 10.9 Å². The lowest BCUT2D eigenvalue weighted by Crippen LogP contribution is -2.31. The Morgan fingerprint density at radius 3 is 2.76 bits per heavy atom. The minimum atomic E-state index is -1.10. The van der Waals surface area contributed by atoms with Crippen LogP contribution in [0.2, 0.25) is 0 Å². The van der Waals surface area contributed by atoms with Crippen LogP contribution in [0.5, 0.6) is 0 Å². The number of H-pyrrole nitrogens is 1. The first-order chi connectivity index (χ1) is 12.0. The zero-order valence-electron chi connectivity index (χ0n) is 14.0. The van der Waals surface area contributed by atoms with Gasteiger partial charge in [0.2, 0.25) is 5.76 Å². The van der Waals surface area contributed by atoms with Crippen molar-refractivity contribution in [2.75, 3.05) is 0 Å². The molecule has 7 nitrogen and oxygen atoms in total. The standard InChI is InChI=1S/C18H19N3O4/c1-11(2)21(9-12-7-8-25-16(12)18(23)24)10-15-19-14-6-4-3-5-13(14)17(22)20-15/h3-8,11H,9-10H2,1-2H3,(H,23,24)(H,19,20,22). The second-order valence-electron chi connectivity index (χ2n) is 6.11. The number of nitrogens with one attached hydrogen (secondary N) is 1. The van der Waals surface area contributed by atoms with E-state index in [4.69, 9.17) is 4.42 Å². The van der Waals surface area contributed by atoms with Gasteiger partial charge in [0.25, 0.3) is 5.56 Å². The molecule has 2 aromatic heterocycles. The quantitative estimate of drug-likeness (QED) is 0.715. The van der Waals surface area contributed by atoms with E-state index in [1.54, 1.807) is 24.3 Å². The molecule has 0 spiro atoms. The Bertz CT molecular complexity index is 958. The minimum absolute atomic E-state index is 0.0642. The molecule has 2 N–H and O–H groups in total. The number of nitrogens with zero attached hydrogens (tertiary/aromatic N) is 2. The molecule has 0 radical (unpaired) electrons.